The van der Waals surface area contributed by atoms with E-state index in [1.54, 1.807) is 0 Å². The molecule has 2 N–H and O–H groups in total. The molecule has 0 saturated carbocycles. The zero-order valence-corrected chi connectivity index (χ0v) is 11.1. The lowest BCUT2D eigenvalue weighted by atomic mass is 10.5. The zero-order chi connectivity index (χ0) is 12.5. The van der Waals surface area contributed by atoms with Gasteiger partial charge in [-0.25, -0.2) is 0 Å². The smallest absolute Gasteiger partial charge is 0.0742 e. The lowest BCUT2D eigenvalue weighted by Gasteiger charge is -1.95. The number of hydrogen-bond donors (Lipinski definition) is 2. The molecule has 3 heteroatoms. The highest BCUT2D eigenvalue weighted by molar-refractivity contribution is 4.34. The summed E-state index contributed by atoms with van der Waals surface area (Å²) in [7, 11) is 0. The molecule has 0 amide bonds. The van der Waals surface area contributed by atoms with Crippen molar-refractivity contribution in [3.8, 4) is 0 Å². The van der Waals surface area contributed by atoms with Gasteiger partial charge in [-0.1, -0.05) is 34.1 Å². The van der Waals surface area contributed by atoms with Gasteiger partial charge in [-0.15, -0.1) is 0 Å². The van der Waals surface area contributed by atoms with E-state index in [1.165, 1.54) is 13.3 Å². The monoisotopic (exact) mass is 222 g/mol. The SMILES string of the molecule is CC(O)CO.CCC.CCCOCCC. The molecule has 3 nitrogen and oxygen atoms in total. The molecule has 0 fully saturated rings. The van der Waals surface area contributed by atoms with Crippen LogP contribution in [0, 0.1) is 0 Å². The van der Waals surface area contributed by atoms with E-state index in [0.29, 0.717) is 0 Å². The van der Waals surface area contributed by atoms with Crippen LogP contribution in [0.4, 0.5) is 0 Å². The Morgan fingerprint density at radius 1 is 1.00 bits per heavy atom. The summed E-state index contributed by atoms with van der Waals surface area (Å²) in [6.45, 7) is 11.7. The van der Waals surface area contributed by atoms with Crippen LogP contribution in [-0.4, -0.2) is 36.1 Å². The Morgan fingerprint density at radius 2 is 1.27 bits per heavy atom. The minimum atomic E-state index is -0.560. The van der Waals surface area contributed by atoms with Crippen molar-refractivity contribution in [2.75, 3.05) is 19.8 Å². The molecule has 0 saturated heterocycles. The molecular formula is C12H30O3. The summed E-state index contributed by atoms with van der Waals surface area (Å²) in [4.78, 5) is 0. The summed E-state index contributed by atoms with van der Waals surface area (Å²) < 4.78 is 5.13. The zero-order valence-electron chi connectivity index (χ0n) is 11.1. The molecule has 0 spiro atoms. The Labute approximate surface area is 95.5 Å². The quantitative estimate of drug-likeness (QED) is 0.703. The van der Waals surface area contributed by atoms with Crippen LogP contribution < -0.4 is 0 Å². The molecule has 0 heterocycles. The minimum absolute atomic E-state index is 0.139. The van der Waals surface area contributed by atoms with Crippen molar-refractivity contribution in [1.82, 2.24) is 0 Å². The normalized spacial score (nSPS) is 10.6. The number of aliphatic hydroxyl groups is 2. The van der Waals surface area contributed by atoms with Gasteiger partial charge in [0, 0.05) is 13.2 Å². The van der Waals surface area contributed by atoms with Crippen molar-refractivity contribution in [2.24, 2.45) is 0 Å². The Morgan fingerprint density at radius 3 is 1.40 bits per heavy atom. The van der Waals surface area contributed by atoms with Gasteiger partial charge in [0.2, 0.25) is 0 Å². The molecule has 0 aromatic carbocycles. The fraction of sp³-hybridized carbons (Fsp3) is 1.00. The van der Waals surface area contributed by atoms with Crippen molar-refractivity contribution in [3.63, 3.8) is 0 Å². The van der Waals surface area contributed by atoms with Gasteiger partial charge in [-0.2, -0.15) is 0 Å². The van der Waals surface area contributed by atoms with Crippen molar-refractivity contribution in [1.29, 1.82) is 0 Å². The van der Waals surface area contributed by atoms with Crippen LogP contribution in [0.2, 0.25) is 0 Å². The lowest BCUT2D eigenvalue weighted by Crippen LogP contribution is -2.03. The second-order valence-electron chi connectivity index (χ2n) is 3.35. The van der Waals surface area contributed by atoms with Gasteiger partial charge in [0.1, 0.15) is 0 Å². The van der Waals surface area contributed by atoms with E-state index in [1.807, 2.05) is 0 Å². The topological polar surface area (TPSA) is 49.7 Å². The molecule has 0 aliphatic rings. The van der Waals surface area contributed by atoms with Crippen LogP contribution in [0.1, 0.15) is 53.9 Å². The Bertz CT molecular complexity index is 71.3. The maximum atomic E-state index is 8.11. The Kier molecular flexibility index (Phi) is 31.9. The molecule has 0 aliphatic heterocycles. The van der Waals surface area contributed by atoms with Crippen molar-refractivity contribution >= 4 is 0 Å². The summed E-state index contributed by atoms with van der Waals surface area (Å²) in [6, 6.07) is 0. The van der Waals surface area contributed by atoms with E-state index in [-0.39, 0.29) is 6.61 Å². The number of hydrogen-bond acceptors (Lipinski definition) is 3. The number of ether oxygens (including phenoxy) is 1. The largest absolute Gasteiger partial charge is 0.394 e. The summed E-state index contributed by atoms with van der Waals surface area (Å²) in [5, 5.41) is 16.0. The van der Waals surface area contributed by atoms with Crippen LogP contribution in [-0.2, 0) is 4.74 Å². The molecule has 0 aromatic heterocycles. The van der Waals surface area contributed by atoms with E-state index in [0.717, 1.165) is 26.1 Å². The second kappa shape index (κ2) is 23.6. The van der Waals surface area contributed by atoms with Crippen molar-refractivity contribution < 1.29 is 14.9 Å². The molecule has 96 valence electrons. The molecule has 0 aliphatic carbocycles. The van der Waals surface area contributed by atoms with Gasteiger partial charge in [0.25, 0.3) is 0 Å². The molecule has 0 radical (unpaired) electrons. The first-order chi connectivity index (χ1) is 7.10. The van der Waals surface area contributed by atoms with Crippen LogP contribution >= 0.6 is 0 Å². The third kappa shape index (κ3) is 56.7. The molecule has 0 bridgehead atoms. The van der Waals surface area contributed by atoms with E-state index in [4.69, 9.17) is 14.9 Å². The third-order valence-electron chi connectivity index (χ3n) is 0.961. The van der Waals surface area contributed by atoms with Crippen molar-refractivity contribution in [3.05, 3.63) is 0 Å². The van der Waals surface area contributed by atoms with Crippen LogP contribution in [0.5, 0.6) is 0 Å². The lowest BCUT2D eigenvalue weighted by molar-refractivity contribution is 0.110. The van der Waals surface area contributed by atoms with Crippen LogP contribution in [0.3, 0.4) is 0 Å². The van der Waals surface area contributed by atoms with Crippen LogP contribution in [0.25, 0.3) is 0 Å². The summed E-state index contributed by atoms with van der Waals surface area (Å²) in [6.07, 6.45) is 2.97. The van der Waals surface area contributed by atoms with Gasteiger partial charge < -0.3 is 14.9 Å². The molecule has 0 aromatic rings. The van der Waals surface area contributed by atoms with Crippen molar-refractivity contribution in [2.45, 2.75) is 60.0 Å². The molecule has 0 rings (SSSR count). The summed E-state index contributed by atoms with van der Waals surface area (Å²) in [5.74, 6) is 0. The fourth-order valence-corrected chi connectivity index (χ4v) is 0.391. The van der Waals surface area contributed by atoms with Gasteiger partial charge in [-0.3, -0.25) is 0 Å². The summed E-state index contributed by atoms with van der Waals surface area (Å²) in [5.41, 5.74) is 0. The number of aliphatic hydroxyl groups excluding tert-OH is 2. The van der Waals surface area contributed by atoms with E-state index in [9.17, 15) is 0 Å². The van der Waals surface area contributed by atoms with Gasteiger partial charge in [-0.05, 0) is 19.8 Å². The highest BCUT2D eigenvalue weighted by atomic mass is 16.5. The maximum Gasteiger partial charge on any atom is 0.0742 e. The molecule has 1 atom stereocenters. The first-order valence-corrected chi connectivity index (χ1v) is 5.97. The van der Waals surface area contributed by atoms with E-state index >= 15 is 0 Å². The van der Waals surface area contributed by atoms with Crippen LogP contribution in [0.15, 0.2) is 0 Å². The Balaban J connectivity index is -0.000000158. The number of rotatable bonds is 5. The van der Waals surface area contributed by atoms with Gasteiger partial charge >= 0.3 is 0 Å². The highest BCUT2D eigenvalue weighted by Crippen LogP contribution is 1.81. The standard InChI is InChI=1S/C6H14O.C3H8O2.C3H8/c1-3-5-7-6-4-2;1-3(5)2-4;1-3-2/h3-6H2,1-2H3;3-5H,2H2,1H3;3H2,1-2H3. The predicted molar refractivity (Wildman–Crippen MR) is 66.1 cm³/mol. The highest BCUT2D eigenvalue weighted by Gasteiger charge is 1.83. The molecular weight excluding hydrogens is 192 g/mol. The van der Waals surface area contributed by atoms with Gasteiger partial charge in [0.15, 0.2) is 0 Å². The minimum Gasteiger partial charge on any atom is -0.394 e. The average Bonchev–Trinajstić information content (AvgIpc) is 2.21. The third-order valence-corrected chi connectivity index (χ3v) is 0.961. The van der Waals surface area contributed by atoms with E-state index < -0.39 is 6.10 Å². The maximum absolute atomic E-state index is 8.11. The predicted octanol–water partition coefficient (Wildman–Crippen LogP) is 2.60. The Hall–Kier alpha value is -0.120. The fourth-order valence-electron chi connectivity index (χ4n) is 0.391. The van der Waals surface area contributed by atoms with E-state index in [2.05, 4.69) is 27.7 Å². The van der Waals surface area contributed by atoms with Gasteiger partial charge in [0.05, 0.1) is 12.7 Å². The first kappa shape index (κ1) is 20.3. The second-order valence-corrected chi connectivity index (χ2v) is 3.35. The first-order valence-electron chi connectivity index (χ1n) is 5.97. The molecule has 15 heavy (non-hydrogen) atoms. The summed E-state index contributed by atoms with van der Waals surface area (Å²) >= 11 is 0. The average molecular weight is 222 g/mol. The molecule has 1 unspecified atom stereocenters.